The predicted molar refractivity (Wildman–Crippen MR) is 85.3 cm³/mol. The molecule has 2 amide bonds. The molecule has 0 radical (unpaired) electrons. The molecule has 2 aromatic rings. The van der Waals surface area contributed by atoms with Crippen molar-refractivity contribution in [1.82, 2.24) is 9.88 Å². The normalized spacial score (nSPS) is 14.3. The number of nitrogens with one attached hydrogen (secondary N) is 1. The fraction of sp³-hybridized carbons (Fsp3) is 0.235. The van der Waals surface area contributed by atoms with Gasteiger partial charge in [-0.1, -0.05) is 6.07 Å². The molecular formula is C17H16FN3O3. The van der Waals surface area contributed by atoms with Crippen LogP contribution in [0.15, 0.2) is 42.6 Å². The fourth-order valence-corrected chi connectivity index (χ4v) is 2.39. The fourth-order valence-electron chi connectivity index (χ4n) is 2.39. The Morgan fingerprint density at radius 2 is 1.96 bits per heavy atom. The number of morpholine rings is 1. The monoisotopic (exact) mass is 329 g/mol. The van der Waals surface area contributed by atoms with Crippen molar-refractivity contribution in [2.75, 3.05) is 31.6 Å². The van der Waals surface area contributed by atoms with Crippen molar-refractivity contribution in [3.8, 4) is 0 Å². The molecular weight excluding hydrogens is 313 g/mol. The molecule has 1 aromatic heterocycles. The second-order valence-corrected chi connectivity index (χ2v) is 5.30. The molecule has 0 bridgehead atoms. The number of rotatable bonds is 3. The van der Waals surface area contributed by atoms with Crippen LogP contribution in [0.2, 0.25) is 0 Å². The number of halogens is 1. The van der Waals surface area contributed by atoms with E-state index < -0.39 is 11.7 Å². The molecule has 1 aromatic carbocycles. The zero-order chi connectivity index (χ0) is 16.9. The minimum Gasteiger partial charge on any atom is -0.378 e. The molecule has 124 valence electrons. The summed E-state index contributed by atoms with van der Waals surface area (Å²) >= 11 is 0. The molecule has 1 saturated heterocycles. The maximum Gasteiger partial charge on any atom is 0.272 e. The number of aromatic nitrogens is 1. The predicted octanol–water partition coefficient (Wildman–Crippen LogP) is 1.95. The maximum atomic E-state index is 13.2. The van der Waals surface area contributed by atoms with Gasteiger partial charge >= 0.3 is 0 Å². The first kappa shape index (κ1) is 16.1. The van der Waals surface area contributed by atoms with Gasteiger partial charge in [0.25, 0.3) is 11.8 Å². The Kier molecular flexibility index (Phi) is 4.81. The van der Waals surface area contributed by atoms with Crippen molar-refractivity contribution in [2.24, 2.45) is 0 Å². The summed E-state index contributed by atoms with van der Waals surface area (Å²) in [5.41, 5.74) is 0.826. The first-order chi connectivity index (χ1) is 11.6. The molecule has 1 N–H and O–H groups in total. The van der Waals surface area contributed by atoms with Gasteiger partial charge in [0, 0.05) is 30.5 Å². The van der Waals surface area contributed by atoms with E-state index in [1.165, 1.54) is 36.5 Å². The number of benzene rings is 1. The number of anilines is 1. The number of nitrogens with zero attached hydrogens (tertiary/aromatic N) is 2. The van der Waals surface area contributed by atoms with Crippen LogP contribution in [0.3, 0.4) is 0 Å². The molecule has 2 heterocycles. The number of pyridine rings is 1. The lowest BCUT2D eigenvalue weighted by atomic mass is 10.2. The quantitative estimate of drug-likeness (QED) is 0.934. The van der Waals surface area contributed by atoms with E-state index in [0.717, 1.165) is 0 Å². The number of hydrogen-bond donors (Lipinski definition) is 1. The molecule has 0 atom stereocenters. The standard InChI is InChI=1S/C17H16FN3O3/c18-13-2-1-3-14(11-13)20-16(22)12-4-5-19-15(10-12)17(23)21-6-8-24-9-7-21/h1-5,10-11H,6-9H2,(H,20,22). The van der Waals surface area contributed by atoms with Crippen LogP contribution in [0.25, 0.3) is 0 Å². The largest absolute Gasteiger partial charge is 0.378 e. The summed E-state index contributed by atoms with van der Waals surface area (Å²) in [5, 5.41) is 2.59. The lowest BCUT2D eigenvalue weighted by molar-refractivity contribution is 0.0299. The van der Waals surface area contributed by atoms with E-state index in [4.69, 9.17) is 4.74 Å². The Bertz CT molecular complexity index is 760. The molecule has 0 unspecified atom stereocenters. The molecule has 1 aliphatic rings. The number of hydrogen-bond acceptors (Lipinski definition) is 4. The van der Waals surface area contributed by atoms with Gasteiger partial charge < -0.3 is 15.0 Å². The zero-order valence-corrected chi connectivity index (χ0v) is 12.9. The van der Waals surface area contributed by atoms with Gasteiger partial charge in [-0.25, -0.2) is 4.39 Å². The molecule has 24 heavy (non-hydrogen) atoms. The Hall–Kier alpha value is -2.80. The van der Waals surface area contributed by atoms with E-state index in [1.807, 2.05) is 0 Å². The highest BCUT2D eigenvalue weighted by Gasteiger charge is 2.20. The Morgan fingerprint density at radius 3 is 2.71 bits per heavy atom. The van der Waals surface area contributed by atoms with E-state index >= 15 is 0 Å². The zero-order valence-electron chi connectivity index (χ0n) is 12.9. The average Bonchev–Trinajstić information content (AvgIpc) is 2.62. The van der Waals surface area contributed by atoms with Crippen LogP contribution in [0.4, 0.5) is 10.1 Å². The molecule has 1 aliphatic heterocycles. The summed E-state index contributed by atoms with van der Waals surface area (Å²) in [6.45, 7) is 1.98. The highest BCUT2D eigenvalue weighted by molar-refractivity contribution is 6.05. The van der Waals surface area contributed by atoms with Crippen LogP contribution in [0, 0.1) is 5.82 Å². The van der Waals surface area contributed by atoms with E-state index in [0.29, 0.717) is 32.0 Å². The van der Waals surface area contributed by atoms with Crippen molar-refractivity contribution in [2.45, 2.75) is 0 Å². The van der Waals surface area contributed by atoms with E-state index in [2.05, 4.69) is 10.3 Å². The number of ether oxygens (including phenoxy) is 1. The molecule has 6 nitrogen and oxygen atoms in total. The molecule has 0 saturated carbocycles. The van der Waals surface area contributed by atoms with Crippen molar-refractivity contribution in [1.29, 1.82) is 0 Å². The van der Waals surface area contributed by atoms with Crippen molar-refractivity contribution in [3.05, 3.63) is 59.7 Å². The van der Waals surface area contributed by atoms with Crippen LogP contribution in [0.1, 0.15) is 20.8 Å². The number of amides is 2. The smallest absolute Gasteiger partial charge is 0.272 e. The van der Waals surface area contributed by atoms with Gasteiger partial charge in [0.2, 0.25) is 0 Å². The summed E-state index contributed by atoms with van der Waals surface area (Å²) in [5.74, 6) is -1.11. The third kappa shape index (κ3) is 3.75. The van der Waals surface area contributed by atoms with E-state index in [9.17, 15) is 14.0 Å². The number of carbonyl (C=O) groups excluding carboxylic acids is 2. The maximum absolute atomic E-state index is 13.2. The Balaban J connectivity index is 1.74. The van der Waals surface area contributed by atoms with Crippen molar-refractivity contribution < 1.29 is 18.7 Å². The highest BCUT2D eigenvalue weighted by atomic mass is 19.1. The van der Waals surface area contributed by atoms with Crippen molar-refractivity contribution >= 4 is 17.5 Å². The highest BCUT2D eigenvalue weighted by Crippen LogP contribution is 2.12. The van der Waals surface area contributed by atoms with Gasteiger partial charge in [-0.3, -0.25) is 14.6 Å². The van der Waals surface area contributed by atoms with Gasteiger partial charge in [-0.15, -0.1) is 0 Å². The molecule has 1 fully saturated rings. The van der Waals surface area contributed by atoms with Gasteiger partial charge in [0.05, 0.1) is 13.2 Å². The van der Waals surface area contributed by atoms with Crippen molar-refractivity contribution in [3.63, 3.8) is 0 Å². The minimum absolute atomic E-state index is 0.198. The van der Waals surface area contributed by atoms with Crippen LogP contribution < -0.4 is 5.32 Å². The topological polar surface area (TPSA) is 71.5 Å². The summed E-state index contributed by atoms with van der Waals surface area (Å²) < 4.78 is 18.4. The van der Waals surface area contributed by atoms with Crippen LogP contribution in [-0.2, 0) is 4.74 Å². The lowest BCUT2D eigenvalue weighted by Crippen LogP contribution is -2.41. The molecule has 0 spiro atoms. The first-order valence-corrected chi connectivity index (χ1v) is 7.53. The second-order valence-electron chi connectivity index (χ2n) is 5.30. The van der Waals surface area contributed by atoms with Crippen LogP contribution >= 0.6 is 0 Å². The van der Waals surface area contributed by atoms with Gasteiger partial charge in [-0.05, 0) is 30.3 Å². The van der Waals surface area contributed by atoms with Gasteiger partial charge in [0.1, 0.15) is 11.5 Å². The van der Waals surface area contributed by atoms with Crippen LogP contribution in [-0.4, -0.2) is 48.0 Å². The van der Waals surface area contributed by atoms with E-state index in [1.54, 1.807) is 11.0 Å². The second kappa shape index (κ2) is 7.18. The third-order valence-corrected chi connectivity index (χ3v) is 3.62. The summed E-state index contributed by atoms with van der Waals surface area (Å²) in [6.07, 6.45) is 1.41. The van der Waals surface area contributed by atoms with Gasteiger partial charge in [0.15, 0.2) is 0 Å². The third-order valence-electron chi connectivity index (χ3n) is 3.62. The van der Waals surface area contributed by atoms with Gasteiger partial charge in [-0.2, -0.15) is 0 Å². The summed E-state index contributed by atoms with van der Waals surface area (Å²) in [4.78, 5) is 30.4. The molecule has 0 aliphatic carbocycles. The average molecular weight is 329 g/mol. The SMILES string of the molecule is O=C(Nc1cccc(F)c1)c1ccnc(C(=O)N2CCOCC2)c1. The number of carbonyl (C=O) groups is 2. The lowest BCUT2D eigenvalue weighted by Gasteiger charge is -2.26. The Labute approximate surface area is 138 Å². The summed E-state index contributed by atoms with van der Waals surface area (Å²) in [7, 11) is 0. The Morgan fingerprint density at radius 1 is 1.17 bits per heavy atom. The van der Waals surface area contributed by atoms with E-state index in [-0.39, 0.29) is 17.2 Å². The summed E-state index contributed by atoms with van der Waals surface area (Å²) in [6, 6.07) is 8.55. The molecule has 3 rings (SSSR count). The minimum atomic E-state index is -0.439. The molecule has 7 heteroatoms. The van der Waals surface area contributed by atoms with Crippen LogP contribution in [0.5, 0.6) is 0 Å². The first-order valence-electron chi connectivity index (χ1n) is 7.53.